The molecule has 0 radical (unpaired) electrons. The van der Waals surface area contributed by atoms with E-state index in [9.17, 15) is 18.0 Å². The molecule has 20 heavy (non-hydrogen) atoms. The molecule has 0 aliphatic heterocycles. The Labute approximate surface area is 118 Å². The molecule has 0 heterocycles. The molecule has 0 atom stereocenters. The van der Waals surface area contributed by atoms with E-state index < -0.39 is 24.2 Å². The van der Waals surface area contributed by atoms with E-state index in [4.69, 9.17) is 10.5 Å². The van der Waals surface area contributed by atoms with Crippen molar-refractivity contribution >= 4 is 5.91 Å². The van der Waals surface area contributed by atoms with Crippen LogP contribution in [0.25, 0.3) is 0 Å². The lowest BCUT2D eigenvalue weighted by Gasteiger charge is -2.33. The van der Waals surface area contributed by atoms with Crippen molar-refractivity contribution in [3.63, 3.8) is 0 Å². The van der Waals surface area contributed by atoms with Crippen LogP contribution in [-0.2, 0) is 9.53 Å². The molecule has 0 aliphatic carbocycles. The summed E-state index contributed by atoms with van der Waals surface area (Å²) in [7, 11) is 0. The van der Waals surface area contributed by atoms with Gasteiger partial charge in [0, 0.05) is 19.8 Å². The predicted molar refractivity (Wildman–Crippen MR) is 71.2 cm³/mol. The second-order valence-corrected chi connectivity index (χ2v) is 4.76. The van der Waals surface area contributed by atoms with E-state index in [1.54, 1.807) is 20.8 Å². The Hall–Kier alpha value is -0.820. The van der Waals surface area contributed by atoms with Gasteiger partial charge in [0.2, 0.25) is 5.91 Å². The minimum absolute atomic E-state index is 0.00269. The number of nitrogens with two attached hydrogens (primary N) is 1. The molecule has 0 fully saturated rings. The highest BCUT2D eigenvalue weighted by atomic mass is 19.4. The second-order valence-electron chi connectivity index (χ2n) is 4.76. The van der Waals surface area contributed by atoms with Gasteiger partial charge >= 0.3 is 6.18 Å². The molecule has 4 nitrogen and oxygen atoms in total. The maximum Gasteiger partial charge on any atom is 0.406 e. The minimum Gasteiger partial charge on any atom is -0.382 e. The van der Waals surface area contributed by atoms with E-state index in [2.05, 4.69) is 0 Å². The fourth-order valence-corrected chi connectivity index (χ4v) is 1.84. The molecule has 0 saturated heterocycles. The number of alkyl halides is 3. The van der Waals surface area contributed by atoms with Crippen LogP contribution in [0.4, 0.5) is 13.2 Å². The number of amides is 1. The first-order valence-corrected chi connectivity index (χ1v) is 6.93. The third-order valence-electron chi connectivity index (χ3n) is 3.27. The summed E-state index contributed by atoms with van der Waals surface area (Å²) >= 11 is 0. The van der Waals surface area contributed by atoms with E-state index in [1.807, 2.05) is 0 Å². The monoisotopic (exact) mass is 298 g/mol. The number of rotatable bonds is 9. The summed E-state index contributed by atoms with van der Waals surface area (Å²) in [4.78, 5) is 13.0. The summed E-state index contributed by atoms with van der Waals surface area (Å²) in [5.74, 6) is -0.642. The molecule has 1 amide bonds. The Bertz CT molecular complexity index is 292. The normalized spacial score (nSPS) is 12.6. The third-order valence-corrected chi connectivity index (χ3v) is 3.27. The third kappa shape index (κ3) is 6.56. The standard InChI is InChI=1S/C13H25F3N2O2/c1-4-12(17,5-2)11(19)18(10-13(14,15)16)8-7-9-20-6-3/h4-10,17H2,1-3H3. The van der Waals surface area contributed by atoms with Crippen LogP contribution in [-0.4, -0.2) is 48.8 Å². The first-order valence-electron chi connectivity index (χ1n) is 6.93. The topological polar surface area (TPSA) is 55.6 Å². The van der Waals surface area contributed by atoms with Crippen molar-refractivity contribution in [1.82, 2.24) is 4.90 Å². The molecule has 0 aromatic heterocycles. The van der Waals surface area contributed by atoms with Crippen molar-refractivity contribution in [1.29, 1.82) is 0 Å². The number of hydrogen-bond donors (Lipinski definition) is 1. The predicted octanol–water partition coefficient (Wildman–Crippen LogP) is 2.32. The SMILES string of the molecule is CCOCCCN(CC(F)(F)F)C(=O)C(N)(CC)CC. The lowest BCUT2D eigenvalue weighted by atomic mass is 9.92. The Kier molecular flexibility index (Phi) is 8.12. The van der Waals surface area contributed by atoms with Gasteiger partial charge < -0.3 is 15.4 Å². The van der Waals surface area contributed by atoms with E-state index in [-0.39, 0.29) is 6.54 Å². The van der Waals surface area contributed by atoms with Crippen LogP contribution in [0.1, 0.15) is 40.0 Å². The van der Waals surface area contributed by atoms with Gasteiger partial charge in [0.25, 0.3) is 0 Å². The largest absolute Gasteiger partial charge is 0.406 e. The minimum atomic E-state index is -4.43. The van der Waals surface area contributed by atoms with Gasteiger partial charge in [-0.1, -0.05) is 13.8 Å². The first kappa shape index (κ1) is 19.2. The van der Waals surface area contributed by atoms with Crippen molar-refractivity contribution in [3.8, 4) is 0 Å². The smallest absolute Gasteiger partial charge is 0.382 e. The van der Waals surface area contributed by atoms with Gasteiger partial charge in [-0.25, -0.2) is 0 Å². The zero-order chi connectivity index (χ0) is 15.8. The summed E-state index contributed by atoms with van der Waals surface area (Å²) in [6.07, 6.45) is -3.45. The molecule has 0 rings (SSSR count). The number of ether oxygens (including phenoxy) is 1. The highest BCUT2D eigenvalue weighted by Gasteiger charge is 2.39. The van der Waals surface area contributed by atoms with Crippen molar-refractivity contribution in [2.75, 3.05) is 26.3 Å². The van der Waals surface area contributed by atoms with E-state index in [0.29, 0.717) is 32.5 Å². The number of nitrogens with zero attached hydrogens (tertiary/aromatic N) is 1. The van der Waals surface area contributed by atoms with Gasteiger partial charge in [-0.2, -0.15) is 13.2 Å². The van der Waals surface area contributed by atoms with Crippen LogP contribution in [0.5, 0.6) is 0 Å². The maximum atomic E-state index is 12.6. The first-order chi connectivity index (χ1) is 9.20. The molecule has 0 bridgehead atoms. The Morgan fingerprint density at radius 2 is 1.75 bits per heavy atom. The quantitative estimate of drug-likeness (QED) is 0.665. The van der Waals surface area contributed by atoms with Crippen LogP contribution in [0.3, 0.4) is 0 Å². The molecule has 0 aliphatic rings. The van der Waals surface area contributed by atoms with Crippen LogP contribution >= 0.6 is 0 Å². The maximum absolute atomic E-state index is 12.6. The van der Waals surface area contributed by atoms with E-state index in [0.717, 1.165) is 4.90 Å². The van der Waals surface area contributed by atoms with Gasteiger partial charge in [-0.05, 0) is 26.2 Å². The van der Waals surface area contributed by atoms with Gasteiger partial charge in [0.05, 0.1) is 5.54 Å². The summed E-state index contributed by atoms with van der Waals surface area (Å²) < 4.78 is 42.8. The Balaban J connectivity index is 4.78. The summed E-state index contributed by atoms with van der Waals surface area (Å²) in [6, 6.07) is 0. The molecule has 7 heteroatoms. The highest BCUT2D eigenvalue weighted by Crippen LogP contribution is 2.21. The van der Waals surface area contributed by atoms with Crippen molar-refractivity contribution in [2.45, 2.75) is 51.7 Å². The summed E-state index contributed by atoms with van der Waals surface area (Å²) in [6.45, 7) is 4.76. The number of carbonyl (C=O) groups is 1. The molecule has 0 unspecified atom stereocenters. The zero-order valence-corrected chi connectivity index (χ0v) is 12.4. The molecule has 120 valence electrons. The second kappa shape index (κ2) is 8.46. The van der Waals surface area contributed by atoms with Crippen LogP contribution in [0.2, 0.25) is 0 Å². The van der Waals surface area contributed by atoms with Crippen molar-refractivity contribution in [2.24, 2.45) is 5.73 Å². The Morgan fingerprint density at radius 3 is 2.15 bits per heavy atom. The van der Waals surface area contributed by atoms with Gasteiger partial charge in [0.15, 0.2) is 0 Å². The molecule has 0 aromatic rings. The molecular formula is C13H25F3N2O2. The van der Waals surface area contributed by atoms with Gasteiger partial charge in [-0.3, -0.25) is 4.79 Å². The van der Waals surface area contributed by atoms with Crippen LogP contribution in [0, 0.1) is 0 Å². The summed E-state index contributed by atoms with van der Waals surface area (Å²) in [5.41, 5.74) is 4.68. The van der Waals surface area contributed by atoms with E-state index in [1.165, 1.54) is 0 Å². The highest BCUT2D eigenvalue weighted by molar-refractivity contribution is 5.86. The average molecular weight is 298 g/mol. The molecular weight excluding hydrogens is 273 g/mol. The fraction of sp³-hybridized carbons (Fsp3) is 0.923. The zero-order valence-electron chi connectivity index (χ0n) is 12.4. The number of halogens is 3. The number of hydrogen-bond acceptors (Lipinski definition) is 3. The number of carbonyl (C=O) groups excluding carboxylic acids is 1. The molecule has 0 spiro atoms. The molecule has 0 saturated carbocycles. The lowest BCUT2D eigenvalue weighted by molar-refractivity contribution is -0.165. The average Bonchev–Trinajstić information content (AvgIpc) is 2.39. The van der Waals surface area contributed by atoms with E-state index >= 15 is 0 Å². The van der Waals surface area contributed by atoms with Gasteiger partial charge in [-0.15, -0.1) is 0 Å². The van der Waals surface area contributed by atoms with Crippen LogP contribution in [0.15, 0.2) is 0 Å². The van der Waals surface area contributed by atoms with Crippen molar-refractivity contribution < 1.29 is 22.7 Å². The Morgan fingerprint density at radius 1 is 1.20 bits per heavy atom. The lowest BCUT2D eigenvalue weighted by Crippen LogP contribution is -2.56. The van der Waals surface area contributed by atoms with Crippen LogP contribution < -0.4 is 5.73 Å². The summed E-state index contributed by atoms with van der Waals surface area (Å²) in [5, 5.41) is 0. The molecule has 2 N–H and O–H groups in total. The van der Waals surface area contributed by atoms with Gasteiger partial charge in [0.1, 0.15) is 6.54 Å². The fourth-order valence-electron chi connectivity index (χ4n) is 1.84. The molecule has 0 aromatic carbocycles. The van der Waals surface area contributed by atoms with Crippen molar-refractivity contribution in [3.05, 3.63) is 0 Å².